The monoisotopic (exact) mass is 244 g/mol. The highest BCUT2D eigenvalue weighted by molar-refractivity contribution is 5.89. The normalized spacial score (nSPS) is 9.83. The van der Waals surface area contributed by atoms with Crippen LogP contribution in [0, 0.1) is 0 Å². The molecule has 0 fully saturated rings. The predicted octanol–water partition coefficient (Wildman–Crippen LogP) is 1.79. The summed E-state index contributed by atoms with van der Waals surface area (Å²) in [4.78, 5) is 23.0. The SMILES string of the molecule is CCOC(=O)c1ccc(Nc2ncncn2)cc1. The highest BCUT2D eigenvalue weighted by Crippen LogP contribution is 2.13. The van der Waals surface area contributed by atoms with Crippen LogP contribution in [0.3, 0.4) is 0 Å². The van der Waals surface area contributed by atoms with Crippen molar-refractivity contribution in [2.75, 3.05) is 11.9 Å². The Morgan fingerprint density at radius 2 is 1.89 bits per heavy atom. The predicted molar refractivity (Wildman–Crippen MR) is 65.5 cm³/mol. The van der Waals surface area contributed by atoms with Gasteiger partial charge in [0.05, 0.1) is 12.2 Å². The molecule has 0 amide bonds. The molecule has 0 aliphatic heterocycles. The number of hydrogen-bond acceptors (Lipinski definition) is 6. The molecular formula is C12H12N4O2. The second-order valence-corrected chi connectivity index (χ2v) is 3.38. The van der Waals surface area contributed by atoms with Crippen LogP contribution in [0.15, 0.2) is 36.9 Å². The molecule has 1 aromatic heterocycles. The van der Waals surface area contributed by atoms with Gasteiger partial charge < -0.3 is 10.1 Å². The van der Waals surface area contributed by atoms with E-state index >= 15 is 0 Å². The number of benzene rings is 1. The fourth-order valence-corrected chi connectivity index (χ4v) is 1.34. The zero-order valence-electron chi connectivity index (χ0n) is 9.83. The summed E-state index contributed by atoms with van der Waals surface area (Å²) in [6, 6.07) is 6.88. The number of nitrogens with one attached hydrogen (secondary N) is 1. The number of rotatable bonds is 4. The lowest BCUT2D eigenvalue weighted by Gasteiger charge is -2.05. The van der Waals surface area contributed by atoms with Crippen molar-refractivity contribution in [3.8, 4) is 0 Å². The van der Waals surface area contributed by atoms with E-state index in [-0.39, 0.29) is 5.97 Å². The van der Waals surface area contributed by atoms with E-state index in [0.29, 0.717) is 18.1 Å². The Balaban J connectivity index is 2.06. The van der Waals surface area contributed by atoms with Gasteiger partial charge in [-0.15, -0.1) is 0 Å². The van der Waals surface area contributed by atoms with Crippen molar-refractivity contribution in [1.82, 2.24) is 15.0 Å². The average Bonchev–Trinajstić information content (AvgIpc) is 2.41. The molecule has 1 N–H and O–H groups in total. The lowest BCUT2D eigenvalue weighted by atomic mass is 10.2. The molecule has 18 heavy (non-hydrogen) atoms. The zero-order chi connectivity index (χ0) is 12.8. The summed E-state index contributed by atoms with van der Waals surface area (Å²) in [5, 5.41) is 2.99. The van der Waals surface area contributed by atoms with Gasteiger partial charge in [-0.25, -0.2) is 19.7 Å². The molecule has 0 bridgehead atoms. The first kappa shape index (κ1) is 12.0. The number of ether oxygens (including phenoxy) is 1. The van der Waals surface area contributed by atoms with Crippen molar-refractivity contribution in [3.05, 3.63) is 42.5 Å². The number of aromatic nitrogens is 3. The molecule has 0 aliphatic carbocycles. The Kier molecular flexibility index (Phi) is 3.80. The molecule has 6 nitrogen and oxygen atoms in total. The Hall–Kier alpha value is -2.50. The first-order chi connectivity index (χ1) is 8.79. The molecule has 1 heterocycles. The smallest absolute Gasteiger partial charge is 0.338 e. The Morgan fingerprint density at radius 1 is 1.22 bits per heavy atom. The van der Waals surface area contributed by atoms with Crippen LogP contribution in [-0.2, 0) is 4.74 Å². The van der Waals surface area contributed by atoms with Gasteiger partial charge in [0.1, 0.15) is 12.7 Å². The second kappa shape index (κ2) is 5.72. The molecule has 1 aromatic carbocycles. The summed E-state index contributed by atoms with van der Waals surface area (Å²) in [7, 11) is 0. The molecule has 0 unspecified atom stereocenters. The van der Waals surface area contributed by atoms with Crippen molar-refractivity contribution in [2.24, 2.45) is 0 Å². The molecule has 92 valence electrons. The minimum Gasteiger partial charge on any atom is -0.462 e. The van der Waals surface area contributed by atoms with Crippen LogP contribution in [0.2, 0.25) is 0 Å². The van der Waals surface area contributed by atoms with E-state index < -0.39 is 0 Å². The maximum Gasteiger partial charge on any atom is 0.338 e. The molecule has 2 aromatic rings. The lowest BCUT2D eigenvalue weighted by Crippen LogP contribution is -2.04. The first-order valence-corrected chi connectivity index (χ1v) is 5.46. The van der Waals surface area contributed by atoms with Crippen molar-refractivity contribution in [1.29, 1.82) is 0 Å². The highest BCUT2D eigenvalue weighted by Gasteiger charge is 2.05. The summed E-state index contributed by atoms with van der Waals surface area (Å²) < 4.78 is 4.89. The van der Waals surface area contributed by atoms with E-state index in [0.717, 1.165) is 5.69 Å². The first-order valence-electron chi connectivity index (χ1n) is 5.46. The van der Waals surface area contributed by atoms with E-state index in [2.05, 4.69) is 20.3 Å². The van der Waals surface area contributed by atoms with Crippen LogP contribution in [0.1, 0.15) is 17.3 Å². The van der Waals surface area contributed by atoms with Crippen LogP contribution in [0.5, 0.6) is 0 Å². The number of esters is 1. The average molecular weight is 244 g/mol. The molecule has 0 atom stereocenters. The maximum atomic E-state index is 11.4. The second-order valence-electron chi connectivity index (χ2n) is 3.38. The van der Waals surface area contributed by atoms with Crippen molar-refractivity contribution in [3.63, 3.8) is 0 Å². The minimum absolute atomic E-state index is 0.329. The number of nitrogens with zero attached hydrogens (tertiary/aromatic N) is 3. The number of anilines is 2. The molecule has 0 saturated carbocycles. The standard InChI is InChI=1S/C12H12N4O2/c1-2-18-11(17)9-3-5-10(6-4-9)16-12-14-7-13-8-15-12/h3-8H,2H2,1H3,(H,13,14,15,16). The van der Waals surface area contributed by atoms with Gasteiger partial charge in [-0.05, 0) is 31.2 Å². The van der Waals surface area contributed by atoms with Gasteiger partial charge in [-0.3, -0.25) is 0 Å². The topological polar surface area (TPSA) is 77.0 Å². The van der Waals surface area contributed by atoms with Gasteiger partial charge in [-0.2, -0.15) is 0 Å². The highest BCUT2D eigenvalue weighted by atomic mass is 16.5. The number of carbonyl (C=O) groups excluding carboxylic acids is 1. The Labute approximate surface area is 104 Å². The Bertz CT molecular complexity index is 513. The van der Waals surface area contributed by atoms with Gasteiger partial charge in [0.15, 0.2) is 0 Å². The quantitative estimate of drug-likeness (QED) is 0.826. The lowest BCUT2D eigenvalue weighted by molar-refractivity contribution is 0.0526. The van der Waals surface area contributed by atoms with Crippen LogP contribution >= 0.6 is 0 Å². The molecule has 0 saturated heterocycles. The van der Waals surface area contributed by atoms with Gasteiger partial charge in [-0.1, -0.05) is 0 Å². The third-order valence-electron chi connectivity index (χ3n) is 2.15. The van der Waals surface area contributed by atoms with Gasteiger partial charge in [0, 0.05) is 5.69 Å². The molecule has 6 heteroatoms. The maximum absolute atomic E-state index is 11.4. The zero-order valence-corrected chi connectivity index (χ0v) is 9.83. The van der Waals surface area contributed by atoms with Gasteiger partial charge >= 0.3 is 5.97 Å². The Morgan fingerprint density at radius 3 is 2.50 bits per heavy atom. The van der Waals surface area contributed by atoms with E-state index in [9.17, 15) is 4.79 Å². The third-order valence-corrected chi connectivity index (χ3v) is 2.15. The van der Waals surface area contributed by atoms with Crippen LogP contribution in [-0.4, -0.2) is 27.5 Å². The molecule has 0 aliphatic rings. The summed E-state index contributed by atoms with van der Waals surface area (Å²) in [5.74, 6) is 0.123. The van der Waals surface area contributed by atoms with Gasteiger partial charge in [0.2, 0.25) is 5.95 Å². The van der Waals surface area contributed by atoms with Crippen molar-refractivity contribution in [2.45, 2.75) is 6.92 Å². The van der Waals surface area contributed by atoms with Crippen LogP contribution in [0.25, 0.3) is 0 Å². The summed E-state index contributed by atoms with van der Waals surface area (Å²) >= 11 is 0. The van der Waals surface area contributed by atoms with E-state index in [4.69, 9.17) is 4.74 Å². The van der Waals surface area contributed by atoms with E-state index in [1.807, 2.05) is 0 Å². The van der Waals surface area contributed by atoms with E-state index in [1.165, 1.54) is 12.7 Å². The van der Waals surface area contributed by atoms with Crippen LogP contribution < -0.4 is 5.32 Å². The molecule has 2 rings (SSSR count). The summed E-state index contributed by atoms with van der Waals surface area (Å²) in [6.07, 6.45) is 2.81. The number of hydrogen-bond donors (Lipinski definition) is 1. The molecule has 0 radical (unpaired) electrons. The van der Waals surface area contributed by atoms with E-state index in [1.54, 1.807) is 31.2 Å². The largest absolute Gasteiger partial charge is 0.462 e. The van der Waals surface area contributed by atoms with Crippen LogP contribution in [0.4, 0.5) is 11.6 Å². The van der Waals surface area contributed by atoms with Crippen molar-refractivity contribution >= 4 is 17.6 Å². The number of carbonyl (C=O) groups is 1. The summed E-state index contributed by atoms with van der Waals surface area (Å²) in [6.45, 7) is 2.14. The molecular weight excluding hydrogens is 232 g/mol. The fourth-order valence-electron chi connectivity index (χ4n) is 1.34. The summed E-state index contributed by atoms with van der Waals surface area (Å²) in [5.41, 5.74) is 1.30. The fraction of sp³-hybridized carbons (Fsp3) is 0.167. The molecule has 0 spiro atoms. The van der Waals surface area contributed by atoms with Crippen molar-refractivity contribution < 1.29 is 9.53 Å². The minimum atomic E-state index is -0.329. The third kappa shape index (κ3) is 3.00. The van der Waals surface area contributed by atoms with Gasteiger partial charge in [0.25, 0.3) is 0 Å².